The average Bonchev–Trinajstić information content (AvgIpc) is 3.34. The van der Waals surface area contributed by atoms with Crippen LogP contribution in [0.4, 0.5) is 0 Å². The second kappa shape index (κ2) is 12.3. The maximum absolute atomic E-state index is 12.2. The maximum atomic E-state index is 12.2. The summed E-state index contributed by atoms with van der Waals surface area (Å²) in [5.74, 6) is 1.73. The van der Waals surface area contributed by atoms with E-state index in [0.717, 1.165) is 31.4 Å². The SMILES string of the molecule is CCNC(=O)C(C)(C)CN=C(NCC)NCC(c1ccco1)N1CCCC1.I. The van der Waals surface area contributed by atoms with Crippen molar-refractivity contribution in [3.8, 4) is 0 Å². The molecule has 2 heterocycles. The summed E-state index contributed by atoms with van der Waals surface area (Å²) in [6.45, 7) is 12.5. The van der Waals surface area contributed by atoms with Crippen LogP contribution in [0.5, 0.6) is 0 Å². The van der Waals surface area contributed by atoms with Gasteiger partial charge in [-0.15, -0.1) is 24.0 Å². The molecule has 0 saturated carbocycles. The third-order valence-corrected chi connectivity index (χ3v) is 4.84. The fourth-order valence-corrected chi connectivity index (χ4v) is 3.23. The first-order chi connectivity index (χ1) is 13.0. The zero-order valence-electron chi connectivity index (χ0n) is 17.6. The van der Waals surface area contributed by atoms with Gasteiger partial charge in [-0.2, -0.15) is 0 Å². The summed E-state index contributed by atoms with van der Waals surface area (Å²) in [6, 6.07) is 4.15. The Morgan fingerprint density at radius 1 is 1.21 bits per heavy atom. The molecular formula is C20H36IN5O2. The normalized spacial score (nSPS) is 16.4. The predicted octanol–water partition coefficient (Wildman–Crippen LogP) is 2.75. The Balaban J connectivity index is 0.00000392. The summed E-state index contributed by atoms with van der Waals surface area (Å²) in [6.07, 6.45) is 4.19. The van der Waals surface area contributed by atoms with Gasteiger partial charge in [0.15, 0.2) is 5.96 Å². The van der Waals surface area contributed by atoms with E-state index in [0.29, 0.717) is 19.6 Å². The van der Waals surface area contributed by atoms with E-state index in [9.17, 15) is 4.79 Å². The lowest BCUT2D eigenvalue weighted by Crippen LogP contribution is -2.44. The van der Waals surface area contributed by atoms with Gasteiger partial charge in [-0.05, 0) is 65.8 Å². The van der Waals surface area contributed by atoms with E-state index in [1.54, 1.807) is 6.26 Å². The number of nitrogens with one attached hydrogen (secondary N) is 3. The molecule has 0 spiro atoms. The minimum atomic E-state index is -0.548. The molecule has 1 aliphatic rings. The van der Waals surface area contributed by atoms with Crippen molar-refractivity contribution in [3.05, 3.63) is 24.2 Å². The number of amides is 1. The van der Waals surface area contributed by atoms with Gasteiger partial charge in [0.05, 0.1) is 24.3 Å². The zero-order valence-corrected chi connectivity index (χ0v) is 19.9. The second-order valence-electron chi connectivity index (χ2n) is 7.59. The fraction of sp³-hybridized carbons (Fsp3) is 0.700. The van der Waals surface area contributed by atoms with Gasteiger partial charge in [0.2, 0.25) is 5.91 Å². The van der Waals surface area contributed by atoms with Crippen LogP contribution in [0.3, 0.4) is 0 Å². The van der Waals surface area contributed by atoms with Crippen LogP contribution < -0.4 is 16.0 Å². The number of furan rings is 1. The number of hydrogen-bond donors (Lipinski definition) is 3. The molecule has 1 atom stereocenters. The van der Waals surface area contributed by atoms with Crippen LogP contribution in [0.2, 0.25) is 0 Å². The highest BCUT2D eigenvalue weighted by atomic mass is 127. The van der Waals surface area contributed by atoms with Crippen molar-refractivity contribution in [1.29, 1.82) is 0 Å². The number of halogens is 1. The van der Waals surface area contributed by atoms with Gasteiger partial charge in [-0.1, -0.05) is 0 Å². The van der Waals surface area contributed by atoms with Crippen molar-refractivity contribution in [3.63, 3.8) is 0 Å². The molecule has 0 aromatic carbocycles. The van der Waals surface area contributed by atoms with Crippen molar-refractivity contribution >= 4 is 35.8 Å². The Morgan fingerprint density at radius 3 is 2.46 bits per heavy atom. The lowest BCUT2D eigenvalue weighted by molar-refractivity contribution is -0.128. The minimum absolute atomic E-state index is 0. The molecule has 0 bridgehead atoms. The van der Waals surface area contributed by atoms with Crippen molar-refractivity contribution < 1.29 is 9.21 Å². The monoisotopic (exact) mass is 505 g/mol. The lowest BCUT2D eigenvalue weighted by atomic mass is 9.92. The molecule has 1 saturated heterocycles. The summed E-state index contributed by atoms with van der Waals surface area (Å²) in [5, 5.41) is 9.59. The van der Waals surface area contributed by atoms with Crippen molar-refractivity contribution in [2.45, 2.75) is 46.6 Å². The lowest BCUT2D eigenvalue weighted by Gasteiger charge is -2.27. The quantitative estimate of drug-likeness (QED) is 0.273. The van der Waals surface area contributed by atoms with Crippen LogP contribution in [-0.2, 0) is 4.79 Å². The van der Waals surface area contributed by atoms with Gasteiger partial charge in [0, 0.05) is 19.6 Å². The highest BCUT2D eigenvalue weighted by Crippen LogP contribution is 2.24. The topological polar surface area (TPSA) is 81.9 Å². The van der Waals surface area contributed by atoms with Crippen molar-refractivity contribution in [1.82, 2.24) is 20.9 Å². The first-order valence-electron chi connectivity index (χ1n) is 10.1. The number of carbonyl (C=O) groups excluding carboxylic acids is 1. The van der Waals surface area contributed by atoms with Gasteiger partial charge in [0.25, 0.3) is 0 Å². The molecule has 1 unspecified atom stereocenters. The summed E-state index contributed by atoms with van der Waals surface area (Å²) in [4.78, 5) is 19.3. The molecule has 1 amide bonds. The molecule has 8 heteroatoms. The Hall–Kier alpha value is -1.29. The van der Waals surface area contributed by atoms with Gasteiger partial charge >= 0.3 is 0 Å². The summed E-state index contributed by atoms with van der Waals surface area (Å²) in [5.41, 5.74) is -0.548. The third kappa shape index (κ3) is 7.27. The molecule has 1 aliphatic heterocycles. The standard InChI is InChI=1S/C20H35N5O2.HI/c1-5-21-18(26)20(3,4)15-24-19(22-6-2)23-14-16(17-10-9-13-27-17)25-11-7-8-12-25;/h9-10,13,16H,5-8,11-12,14-15H2,1-4H3,(H,21,26)(H2,22,23,24);1H. The molecular weight excluding hydrogens is 469 g/mol. The Bertz CT molecular complexity index is 598. The van der Waals surface area contributed by atoms with E-state index >= 15 is 0 Å². The van der Waals surface area contributed by atoms with Crippen molar-refractivity contribution in [2.24, 2.45) is 10.4 Å². The number of guanidine groups is 1. The first-order valence-corrected chi connectivity index (χ1v) is 10.1. The highest BCUT2D eigenvalue weighted by molar-refractivity contribution is 14.0. The largest absolute Gasteiger partial charge is 0.468 e. The Kier molecular flexibility index (Phi) is 10.9. The van der Waals surface area contributed by atoms with Crippen LogP contribution in [0.1, 0.15) is 52.3 Å². The first kappa shape index (κ1) is 24.7. The molecule has 1 aromatic heterocycles. The molecule has 1 aromatic rings. The van der Waals surface area contributed by atoms with Crippen LogP contribution in [0, 0.1) is 5.41 Å². The third-order valence-electron chi connectivity index (χ3n) is 4.84. The number of likely N-dealkylation sites (tertiary alicyclic amines) is 1. The molecule has 3 N–H and O–H groups in total. The van der Waals surface area contributed by atoms with Crippen molar-refractivity contribution in [2.75, 3.05) is 39.3 Å². The maximum Gasteiger partial charge on any atom is 0.227 e. The Labute approximate surface area is 186 Å². The number of aliphatic imine (C=N–C) groups is 1. The van der Waals surface area contributed by atoms with Crippen LogP contribution in [-0.4, -0.2) is 56.0 Å². The summed E-state index contributed by atoms with van der Waals surface area (Å²) >= 11 is 0. The number of carbonyl (C=O) groups is 1. The van der Waals surface area contributed by atoms with Crippen LogP contribution in [0.15, 0.2) is 27.8 Å². The molecule has 1 fully saturated rings. The molecule has 0 radical (unpaired) electrons. The van der Waals surface area contributed by atoms with E-state index in [2.05, 4.69) is 25.8 Å². The molecule has 160 valence electrons. The molecule has 28 heavy (non-hydrogen) atoms. The zero-order chi connectivity index (χ0) is 19.7. The highest BCUT2D eigenvalue weighted by Gasteiger charge is 2.28. The second-order valence-corrected chi connectivity index (χ2v) is 7.59. The Morgan fingerprint density at radius 2 is 1.89 bits per heavy atom. The number of rotatable bonds is 9. The molecule has 2 rings (SSSR count). The van der Waals surface area contributed by atoms with E-state index in [-0.39, 0.29) is 35.9 Å². The van der Waals surface area contributed by atoms with E-state index in [4.69, 9.17) is 4.42 Å². The number of nitrogens with zero attached hydrogens (tertiary/aromatic N) is 2. The van der Waals surface area contributed by atoms with E-state index in [1.165, 1.54) is 12.8 Å². The van der Waals surface area contributed by atoms with Gasteiger partial charge < -0.3 is 20.4 Å². The molecule has 7 nitrogen and oxygen atoms in total. The van der Waals surface area contributed by atoms with Crippen LogP contribution >= 0.6 is 24.0 Å². The van der Waals surface area contributed by atoms with Crippen LogP contribution in [0.25, 0.3) is 0 Å². The summed E-state index contributed by atoms with van der Waals surface area (Å²) in [7, 11) is 0. The summed E-state index contributed by atoms with van der Waals surface area (Å²) < 4.78 is 5.68. The van der Waals surface area contributed by atoms with E-state index < -0.39 is 5.41 Å². The smallest absolute Gasteiger partial charge is 0.227 e. The van der Waals surface area contributed by atoms with Gasteiger partial charge in [-0.3, -0.25) is 14.7 Å². The van der Waals surface area contributed by atoms with Gasteiger partial charge in [-0.25, -0.2) is 0 Å². The minimum Gasteiger partial charge on any atom is -0.468 e. The molecule has 0 aliphatic carbocycles. The number of hydrogen-bond acceptors (Lipinski definition) is 4. The average molecular weight is 505 g/mol. The fourth-order valence-electron chi connectivity index (χ4n) is 3.23. The predicted molar refractivity (Wildman–Crippen MR) is 124 cm³/mol. The van der Waals surface area contributed by atoms with E-state index in [1.807, 2.05) is 39.8 Å². The van der Waals surface area contributed by atoms with Gasteiger partial charge in [0.1, 0.15) is 5.76 Å².